The van der Waals surface area contributed by atoms with Gasteiger partial charge in [-0.05, 0) is 48.9 Å². The highest BCUT2D eigenvalue weighted by Crippen LogP contribution is 2.37. The number of para-hydroxylation sites is 1. The van der Waals surface area contributed by atoms with Gasteiger partial charge in [-0.3, -0.25) is 4.79 Å². The van der Waals surface area contributed by atoms with E-state index in [0.29, 0.717) is 34.5 Å². The lowest BCUT2D eigenvalue weighted by Crippen LogP contribution is -2.31. The molecule has 2 aromatic carbocycles. The number of hydrogen-bond acceptors (Lipinski definition) is 6. The number of aromatic nitrogens is 3. The van der Waals surface area contributed by atoms with E-state index in [0.717, 1.165) is 11.3 Å². The first-order valence-corrected chi connectivity index (χ1v) is 10.1. The first-order chi connectivity index (χ1) is 15.6. The summed E-state index contributed by atoms with van der Waals surface area (Å²) in [5, 5.41) is 10.9. The number of anilines is 2. The van der Waals surface area contributed by atoms with E-state index in [1.165, 1.54) is 0 Å². The van der Waals surface area contributed by atoms with E-state index in [2.05, 4.69) is 20.7 Å². The summed E-state index contributed by atoms with van der Waals surface area (Å²) >= 11 is 0. The third kappa shape index (κ3) is 3.51. The third-order valence-corrected chi connectivity index (χ3v) is 5.30. The van der Waals surface area contributed by atoms with Crippen molar-refractivity contribution < 1.29 is 13.9 Å². The molecule has 8 heteroatoms. The number of rotatable bonds is 5. The number of methoxy groups -OCH3 is 1. The molecule has 0 aliphatic carbocycles. The lowest BCUT2D eigenvalue weighted by Gasteiger charge is -2.28. The summed E-state index contributed by atoms with van der Waals surface area (Å²) in [7, 11) is 1.62. The summed E-state index contributed by atoms with van der Waals surface area (Å²) in [6.07, 6.45) is 1.58. The van der Waals surface area contributed by atoms with Crippen LogP contribution in [0.5, 0.6) is 5.75 Å². The van der Waals surface area contributed by atoms with Crippen molar-refractivity contribution in [2.75, 3.05) is 17.7 Å². The quantitative estimate of drug-likeness (QED) is 0.488. The van der Waals surface area contributed by atoms with Crippen LogP contribution in [0.3, 0.4) is 0 Å². The average molecular weight is 427 g/mol. The van der Waals surface area contributed by atoms with Crippen LogP contribution in [0, 0.1) is 0 Å². The lowest BCUT2D eigenvalue weighted by atomic mass is 9.95. The molecule has 0 radical (unpaired) electrons. The number of benzene rings is 2. The van der Waals surface area contributed by atoms with Gasteiger partial charge in [0.05, 0.1) is 18.9 Å². The van der Waals surface area contributed by atoms with Gasteiger partial charge in [0.15, 0.2) is 5.76 Å². The van der Waals surface area contributed by atoms with Gasteiger partial charge in [-0.1, -0.05) is 30.3 Å². The Labute approximate surface area is 184 Å². The number of fused-ring (bicyclic) bond motifs is 1. The molecule has 3 heterocycles. The molecule has 1 unspecified atom stereocenters. The molecule has 1 amide bonds. The number of nitrogens with zero attached hydrogens (tertiary/aromatic N) is 3. The zero-order valence-corrected chi connectivity index (χ0v) is 17.6. The van der Waals surface area contributed by atoms with Crippen LogP contribution < -0.4 is 15.4 Å². The van der Waals surface area contributed by atoms with Crippen LogP contribution in [0.1, 0.15) is 18.5 Å². The van der Waals surface area contributed by atoms with Gasteiger partial charge in [0.25, 0.3) is 5.91 Å². The average Bonchev–Trinajstić information content (AvgIpc) is 3.49. The second-order valence-electron chi connectivity index (χ2n) is 7.34. The van der Waals surface area contributed by atoms with Crippen LogP contribution in [0.25, 0.3) is 11.6 Å². The summed E-state index contributed by atoms with van der Waals surface area (Å²) in [4.78, 5) is 18.0. The Morgan fingerprint density at radius 2 is 1.88 bits per heavy atom. The van der Waals surface area contributed by atoms with Gasteiger partial charge in [0.2, 0.25) is 11.8 Å². The highest BCUT2D eigenvalue weighted by atomic mass is 16.5. The molecule has 32 heavy (non-hydrogen) atoms. The topological polar surface area (TPSA) is 94.2 Å². The number of carbonyl (C=O) groups excluding carboxylic acids is 1. The Hall–Kier alpha value is -4.33. The number of ether oxygens (including phenoxy) is 1. The fourth-order valence-electron chi connectivity index (χ4n) is 3.77. The SMILES string of the molecule is COc1ccc(C2C(C(=O)Nc3ccccc3)=C(C)Nc3nc(-c4ccco4)nn32)cc1. The Kier molecular flexibility index (Phi) is 4.95. The van der Waals surface area contributed by atoms with Gasteiger partial charge in [-0.15, -0.1) is 5.10 Å². The van der Waals surface area contributed by atoms with Gasteiger partial charge in [-0.25, -0.2) is 4.68 Å². The van der Waals surface area contributed by atoms with E-state index in [1.54, 1.807) is 30.2 Å². The highest BCUT2D eigenvalue weighted by Gasteiger charge is 2.34. The molecule has 2 N–H and O–H groups in total. The number of amides is 1. The molecule has 160 valence electrons. The van der Waals surface area contributed by atoms with Crippen LogP contribution in [0.2, 0.25) is 0 Å². The summed E-state index contributed by atoms with van der Waals surface area (Å²) in [6, 6.07) is 20.0. The molecule has 0 bridgehead atoms. The molecule has 0 spiro atoms. The standard InChI is InChI=1S/C24H21N5O3/c1-15-20(23(30)26-17-7-4-3-5-8-17)21(16-10-12-18(31-2)13-11-16)29-24(25-15)27-22(28-29)19-9-6-14-32-19/h3-14,21H,1-2H3,(H,26,30)(H,25,27,28). The molecule has 1 aliphatic heterocycles. The van der Waals surface area contributed by atoms with Crippen LogP contribution in [0.15, 0.2) is 88.7 Å². The predicted molar refractivity (Wildman–Crippen MR) is 120 cm³/mol. The molecule has 8 nitrogen and oxygen atoms in total. The maximum absolute atomic E-state index is 13.4. The number of carbonyl (C=O) groups is 1. The first-order valence-electron chi connectivity index (χ1n) is 10.1. The van der Waals surface area contributed by atoms with Crippen molar-refractivity contribution >= 4 is 17.5 Å². The van der Waals surface area contributed by atoms with Gasteiger partial charge in [0.1, 0.15) is 11.8 Å². The number of hydrogen-bond donors (Lipinski definition) is 2. The summed E-state index contributed by atoms with van der Waals surface area (Å²) < 4.78 is 12.5. The highest BCUT2D eigenvalue weighted by molar-refractivity contribution is 6.06. The zero-order valence-electron chi connectivity index (χ0n) is 17.6. The predicted octanol–water partition coefficient (Wildman–Crippen LogP) is 4.47. The van der Waals surface area contributed by atoms with Crippen molar-refractivity contribution in [3.8, 4) is 17.3 Å². The molecule has 5 rings (SSSR count). The van der Waals surface area contributed by atoms with Gasteiger partial charge >= 0.3 is 0 Å². The summed E-state index contributed by atoms with van der Waals surface area (Å²) in [6.45, 7) is 1.86. The minimum absolute atomic E-state index is 0.220. The third-order valence-electron chi connectivity index (χ3n) is 5.30. The molecule has 1 aliphatic rings. The Morgan fingerprint density at radius 3 is 2.56 bits per heavy atom. The molecule has 0 saturated heterocycles. The van der Waals surface area contributed by atoms with E-state index < -0.39 is 6.04 Å². The van der Waals surface area contributed by atoms with Crippen molar-refractivity contribution in [1.82, 2.24) is 14.8 Å². The second kappa shape index (κ2) is 8.07. The van der Waals surface area contributed by atoms with Crippen molar-refractivity contribution in [3.63, 3.8) is 0 Å². The van der Waals surface area contributed by atoms with Crippen LogP contribution >= 0.6 is 0 Å². The Bertz CT molecular complexity index is 1280. The maximum atomic E-state index is 13.4. The monoisotopic (exact) mass is 427 g/mol. The fraction of sp³-hybridized carbons (Fsp3) is 0.125. The minimum Gasteiger partial charge on any atom is -0.497 e. The number of allylic oxidation sites excluding steroid dienone is 1. The van der Waals surface area contributed by atoms with Crippen LogP contribution in [0.4, 0.5) is 11.6 Å². The minimum atomic E-state index is -0.489. The Morgan fingerprint density at radius 1 is 1.09 bits per heavy atom. The van der Waals surface area contributed by atoms with E-state index in [-0.39, 0.29) is 5.91 Å². The largest absolute Gasteiger partial charge is 0.497 e. The smallest absolute Gasteiger partial charge is 0.255 e. The Balaban J connectivity index is 1.60. The summed E-state index contributed by atoms with van der Waals surface area (Å²) in [5.74, 6) is 2.03. The molecular weight excluding hydrogens is 406 g/mol. The van der Waals surface area contributed by atoms with Gasteiger partial charge < -0.3 is 19.8 Å². The number of furan rings is 1. The van der Waals surface area contributed by atoms with E-state index in [1.807, 2.05) is 61.5 Å². The van der Waals surface area contributed by atoms with Gasteiger partial charge in [-0.2, -0.15) is 4.98 Å². The van der Waals surface area contributed by atoms with E-state index >= 15 is 0 Å². The van der Waals surface area contributed by atoms with Crippen LogP contribution in [-0.4, -0.2) is 27.8 Å². The van der Waals surface area contributed by atoms with Gasteiger partial charge in [0, 0.05) is 11.4 Å². The molecule has 0 fully saturated rings. The normalized spacial score (nSPS) is 15.1. The second-order valence-corrected chi connectivity index (χ2v) is 7.34. The van der Waals surface area contributed by atoms with Crippen molar-refractivity contribution in [2.45, 2.75) is 13.0 Å². The zero-order chi connectivity index (χ0) is 22.1. The van der Waals surface area contributed by atoms with Crippen molar-refractivity contribution in [3.05, 3.63) is 89.8 Å². The molecule has 1 atom stereocenters. The molecule has 0 saturated carbocycles. The molecular formula is C24H21N5O3. The summed E-state index contributed by atoms with van der Waals surface area (Å²) in [5.41, 5.74) is 2.83. The fourth-order valence-corrected chi connectivity index (χ4v) is 3.77. The first kappa shape index (κ1) is 19.6. The lowest BCUT2D eigenvalue weighted by molar-refractivity contribution is -0.113. The van der Waals surface area contributed by atoms with Crippen LogP contribution in [-0.2, 0) is 4.79 Å². The van der Waals surface area contributed by atoms with Crippen molar-refractivity contribution in [1.29, 1.82) is 0 Å². The molecule has 4 aromatic rings. The maximum Gasteiger partial charge on any atom is 0.255 e. The number of nitrogens with one attached hydrogen (secondary N) is 2. The van der Waals surface area contributed by atoms with Crippen molar-refractivity contribution in [2.24, 2.45) is 0 Å². The molecule has 2 aromatic heterocycles. The van der Waals surface area contributed by atoms with E-state index in [4.69, 9.17) is 9.15 Å². The van der Waals surface area contributed by atoms with E-state index in [9.17, 15) is 4.79 Å².